The standard InChI is InChI=1S/C18H16N6S2/c1-11-10-12(2)20-17(19-11)21-13-5-7-14(8-6-13)22-18-24-23-16(26-18)15-4-3-9-25-15/h3-10H,1-2H3,(H,22,24)(H,19,20,21). The Labute approximate surface area is 159 Å². The summed E-state index contributed by atoms with van der Waals surface area (Å²) in [7, 11) is 0. The van der Waals surface area contributed by atoms with Crippen molar-refractivity contribution in [3.63, 3.8) is 0 Å². The van der Waals surface area contributed by atoms with Crippen LogP contribution < -0.4 is 10.6 Å². The van der Waals surface area contributed by atoms with E-state index in [1.807, 2.05) is 61.7 Å². The number of hydrogen-bond donors (Lipinski definition) is 2. The molecule has 8 heteroatoms. The zero-order valence-electron chi connectivity index (χ0n) is 14.2. The molecule has 0 spiro atoms. The molecule has 0 saturated heterocycles. The largest absolute Gasteiger partial charge is 0.330 e. The van der Waals surface area contributed by atoms with Crippen LogP contribution in [0.4, 0.5) is 22.5 Å². The SMILES string of the molecule is Cc1cc(C)nc(Nc2ccc(Nc3nnc(-c4cccs4)s3)cc2)n1. The molecule has 0 aliphatic rings. The van der Waals surface area contributed by atoms with Gasteiger partial charge in [-0.05, 0) is 55.6 Å². The van der Waals surface area contributed by atoms with E-state index in [0.717, 1.165) is 37.8 Å². The van der Waals surface area contributed by atoms with Crippen molar-refractivity contribution in [3.8, 4) is 9.88 Å². The van der Waals surface area contributed by atoms with Crippen molar-refractivity contribution in [1.29, 1.82) is 0 Å². The highest BCUT2D eigenvalue weighted by molar-refractivity contribution is 7.22. The van der Waals surface area contributed by atoms with Gasteiger partial charge in [-0.15, -0.1) is 21.5 Å². The molecular formula is C18H16N6S2. The molecule has 0 aliphatic heterocycles. The zero-order chi connectivity index (χ0) is 17.9. The van der Waals surface area contributed by atoms with E-state index >= 15 is 0 Å². The highest BCUT2D eigenvalue weighted by atomic mass is 32.1. The summed E-state index contributed by atoms with van der Waals surface area (Å²) >= 11 is 3.20. The molecule has 1 aromatic carbocycles. The van der Waals surface area contributed by atoms with Gasteiger partial charge in [0, 0.05) is 22.8 Å². The summed E-state index contributed by atoms with van der Waals surface area (Å²) in [6.07, 6.45) is 0. The van der Waals surface area contributed by atoms with Gasteiger partial charge < -0.3 is 10.6 Å². The molecule has 2 N–H and O–H groups in total. The van der Waals surface area contributed by atoms with Crippen LogP contribution in [0.3, 0.4) is 0 Å². The fourth-order valence-corrected chi connectivity index (χ4v) is 4.00. The van der Waals surface area contributed by atoms with Gasteiger partial charge in [-0.25, -0.2) is 9.97 Å². The summed E-state index contributed by atoms with van der Waals surface area (Å²) in [5.74, 6) is 0.605. The Balaban J connectivity index is 1.44. The molecule has 3 aromatic heterocycles. The van der Waals surface area contributed by atoms with Crippen molar-refractivity contribution in [2.24, 2.45) is 0 Å². The Morgan fingerprint density at radius 3 is 2.19 bits per heavy atom. The molecule has 0 radical (unpaired) electrons. The maximum absolute atomic E-state index is 4.39. The van der Waals surface area contributed by atoms with Gasteiger partial charge in [0.2, 0.25) is 11.1 Å². The van der Waals surface area contributed by atoms with Crippen LogP contribution in [0.1, 0.15) is 11.4 Å². The topological polar surface area (TPSA) is 75.6 Å². The summed E-state index contributed by atoms with van der Waals surface area (Å²) in [6, 6.07) is 13.9. The van der Waals surface area contributed by atoms with E-state index in [-0.39, 0.29) is 0 Å². The molecule has 0 bridgehead atoms. The monoisotopic (exact) mass is 380 g/mol. The average molecular weight is 381 g/mol. The Morgan fingerprint density at radius 2 is 1.54 bits per heavy atom. The van der Waals surface area contributed by atoms with E-state index < -0.39 is 0 Å². The first-order valence-corrected chi connectivity index (χ1v) is 9.69. The van der Waals surface area contributed by atoms with Crippen LogP contribution in [0, 0.1) is 13.8 Å². The van der Waals surface area contributed by atoms with Crippen LogP contribution in [0.25, 0.3) is 9.88 Å². The molecule has 26 heavy (non-hydrogen) atoms. The third-order valence-corrected chi connectivity index (χ3v) is 5.41. The lowest BCUT2D eigenvalue weighted by atomic mass is 10.3. The molecule has 0 fully saturated rings. The Bertz CT molecular complexity index is 988. The van der Waals surface area contributed by atoms with Crippen molar-refractivity contribution < 1.29 is 0 Å². The molecule has 4 rings (SSSR count). The lowest BCUT2D eigenvalue weighted by Crippen LogP contribution is -2.00. The first-order valence-electron chi connectivity index (χ1n) is 7.99. The number of aromatic nitrogens is 4. The summed E-state index contributed by atoms with van der Waals surface area (Å²) in [4.78, 5) is 9.91. The molecule has 4 aromatic rings. The molecule has 0 unspecified atom stereocenters. The van der Waals surface area contributed by atoms with Crippen molar-refractivity contribution in [3.05, 3.63) is 59.2 Å². The van der Waals surface area contributed by atoms with Gasteiger partial charge in [0.05, 0.1) is 4.88 Å². The minimum Gasteiger partial charge on any atom is -0.330 e. The summed E-state index contributed by atoms with van der Waals surface area (Å²) in [5.41, 5.74) is 3.76. The first-order chi connectivity index (χ1) is 12.7. The fraction of sp³-hybridized carbons (Fsp3) is 0.111. The third kappa shape index (κ3) is 3.87. The molecule has 3 heterocycles. The number of aryl methyl sites for hydroxylation is 2. The second-order valence-corrected chi connectivity index (χ2v) is 7.62. The highest BCUT2D eigenvalue weighted by Crippen LogP contribution is 2.31. The van der Waals surface area contributed by atoms with Crippen LogP contribution in [-0.2, 0) is 0 Å². The van der Waals surface area contributed by atoms with Crippen molar-refractivity contribution >= 4 is 45.1 Å². The third-order valence-electron chi connectivity index (χ3n) is 3.53. The second kappa shape index (κ2) is 7.19. The van der Waals surface area contributed by atoms with Gasteiger partial charge in [-0.1, -0.05) is 17.4 Å². The maximum atomic E-state index is 4.39. The van der Waals surface area contributed by atoms with Gasteiger partial charge in [0.15, 0.2) is 5.01 Å². The zero-order valence-corrected chi connectivity index (χ0v) is 15.9. The van der Waals surface area contributed by atoms with Crippen LogP contribution in [0.15, 0.2) is 47.8 Å². The van der Waals surface area contributed by atoms with E-state index in [2.05, 4.69) is 30.8 Å². The van der Waals surface area contributed by atoms with Crippen LogP contribution in [-0.4, -0.2) is 20.2 Å². The Kier molecular flexibility index (Phi) is 4.59. The predicted octanol–water partition coefficient (Wildman–Crippen LogP) is 5.16. The predicted molar refractivity (Wildman–Crippen MR) is 108 cm³/mol. The van der Waals surface area contributed by atoms with Gasteiger partial charge in [0.25, 0.3) is 0 Å². The van der Waals surface area contributed by atoms with E-state index in [9.17, 15) is 0 Å². The highest BCUT2D eigenvalue weighted by Gasteiger charge is 2.08. The molecular weight excluding hydrogens is 364 g/mol. The van der Waals surface area contributed by atoms with E-state index in [1.54, 1.807) is 11.3 Å². The van der Waals surface area contributed by atoms with Gasteiger partial charge in [0.1, 0.15) is 0 Å². The van der Waals surface area contributed by atoms with Gasteiger partial charge in [-0.2, -0.15) is 0 Å². The quantitative estimate of drug-likeness (QED) is 0.498. The second-order valence-electron chi connectivity index (χ2n) is 5.69. The van der Waals surface area contributed by atoms with Crippen LogP contribution in [0.2, 0.25) is 0 Å². The number of benzene rings is 1. The lowest BCUT2D eigenvalue weighted by molar-refractivity contribution is 1.06. The smallest absolute Gasteiger partial charge is 0.227 e. The van der Waals surface area contributed by atoms with E-state index in [1.165, 1.54) is 11.3 Å². The molecule has 6 nitrogen and oxygen atoms in total. The minimum absolute atomic E-state index is 0.605. The lowest BCUT2D eigenvalue weighted by Gasteiger charge is -2.08. The van der Waals surface area contributed by atoms with Crippen molar-refractivity contribution in [2.45, 2.75) is 13.8 Å². The number of anilines is 4. The minimum atomic E-state index is 0.605. The van der Waals surface area contributed by atoms with E-state index in [4.69, 9.17) is 0 Å². The van der Waals surface area contributed by atoms with Crippen LogP contribution in [0.5, 0.6) is 0 Å². The normalized spacial score (nSPS) is 10.7. The summed E-state index contributed by atoms with van der Waals surface area (Å²) < 4.78 is 0. The molecule has 0 atom stereocenters. The fourth-order valence-electron chi connectivity index (χ4n) is 2.44. The number of hydrogen-bond acceptors (Lipinski definition) is 8. The Hall–Kier alpha value is -2.84. The molecule has 0 saturated carbocycles. The summed E-state index contributed by atoms with van der Waals surface area (Å²) in [5, 5.41) is 18.7. The molecule has 0 amide bonds. The van der Waals surface area contributed by atoms with E-state index in [0.29, 0.717) is 5.95 Å². The molecule has 0 aliphatic carbocycles. The van der Waals surface area contributed by atoms with Gasteiger partial charge in [-0.3, -0.25) is 0 Å². The number of thiophene rings is 1. The van der Waals surface area contributed by atoms with Crippen LogP contribution >= 0.6 is 22.7 Å². The van der Waals surface area contributed by atoms with Crippen molar-refractivity contribution in [2.75, 3.05) is 10.6 Å². The first kappa shape index (κ1) is 16.6. The van der Waals surface area contributed by atoms with Gasteiger partial charge >= 0.3 is 0 Å². The summed E-state index contributed by atoms with van der Waals surface area (Å²) in [6.45, 7) is 3.92. The average Bonchev–Trinajstić information content (AvgIpc) is 3.27. The number of rotatable bonds is 5. The number of nitrogens with zero attached hydrogens (tertiary/aromatic N) is 4. The Morgan fingerprint density at radius 1 is 0.846 bits per heavy atom. The maximum Gasteiger partial charge on any atom is 0.227 e. The van der Waals surface area contributed by atoms with Crippen molar-refractivity contribution in [1.82, 2.24) is 20.2 Å². The molecule has 130 valence electrons. The number of nitrogens with one attached hydrogen (secondary N) is 2.